The summed E-state index contributed by atoms with van der Waals surface area (Å²) < 4.78 is 24.4. The summed E-state index contributed by atoms with van der Waals surface area (Å²) in [6.45, 7) is 11.6. The molecule has 0 heterocycles. The lowest BCUT2D eigenvalue weighted by Crippen LogP contribution is -2.35. The van der Waals surface area contributed by atoms with Crippen LogP contribution in [0.15, 0.2) is 47.5 Å². The number of hydrogen-bond donors (Lipinski definition) is 1. The standard InChI is InChI=1S/C28H44O/c1-19(2)20(3)9-10-22(5)26-15-16-27-23(8-7-17-28(26,27)6)12-13-24-18-25(29)14-11-21(24)4/h9-10,12-13,19-20,22,25-27,29H,4,7-8,11,14-18H2,1-3,5-6H3/b10-9?,23-12+,24-13+/t20-,22+,25-,26+,27-,28+/m0/s1/i4D2,13D. The van der Waals surface area contributed by atoms with Crippen molar-refractivity contribution in [2.45, 2.75) is 92.1 Å². The summed E-state index contributed by atoms with van der Waals surface area (Å²) in [7, 11) is 0. The number of allylic oxidation sites excluding steroid dienone is 6. The first kappa shape index (κ1) is 18.7. The molecule has 3 rings (SSSR count). The number of aliphatic hydroxyl groups is 1. The van der Waals surface area contributed by atoms with Crippen molar-refractivity contribution in [3.8, 4) is 0 Å². The van der Waals surface area contributed by atoms with Crippen molar-refractivity contribution in [1.29, 1.82) is 0 Å². The summed E-state index contributed by atoms with van der Waals surface area (Å²) in [5, 5.41) is 10.2. The maximum Gasteiger partial charge on any atom is 0.0626 e. The Bertz CT molecular complexity index is 801. The molecule has 0 bridgehead atoms. The molecule has 29 heavy (non-hydrogen) atoms. The molecule has 3 saturated carbocycles. The lowest BCUT2D eigenvalue weighted by Gasteiger charge is -2.44. The highest BCUT2D eigenvalue weighted by Crippen LogP contribution is 2.59. The Morgan fingerprint density at radius 3 is 2.69 bits per heavy atom. The van der Waals surface area contributed by atoms with E-state index < -0.39 is 6.10 Å². The van der Waals surface area contributed by atoms with Gasteiger partial charge < -0.3 is 5.11 Å². The molecule has 0 aromatic carbocycles. The normalized spacial score (nSPS) is 39.8. The summed E-state index contributed by atoms with van der Waals surface area (Å²) >= 11 is 0. The lowest BCUT2D eigenvalue weighted by molar-refractivity contribution is 0.112. The van der Waals surface area contributed by atoms with Crippen LogP contribution < -0.4 is 0 Å². The Morgan fingerprint density at radius 1 is 1.17 bits per heavy atom. The summed E-state index contributed by atoms with van der Waals surface area (Å²) in [5.74, 6) is 3.04. The second-order valence-electron chi connectivity index (χ2n) is 10.7. The van der Waals surface area contributed by atoms with Crippen molar-refractivity contribution in [3.63, 3.8) is 0 Å². The quantitative estimate of drug-likeness (QED) is 0.471. The van der Waals surface area contributed by atoms with E-state index in [9.17, 15) is 5.11 Å². The van der Waals surface area contributed by atoms with Crippen LogP contribution in [0.3, 0.4) is 0 Å². The molecule has 0 unspecified atom stereocenters. The Kier molecular flexibility index (Phi) is 6.04. The lowest BCUT2D eigenvalue weighted by atomic mass is 9.61. The van der Waals surface area contributed by atoms with E-state index in [1.165, 1.54) is 31.3 Å². The van der Waals surface area contributed by atoms with Gasteiger partial charge in [-0.3, -0.25) is 0 Å². The predicted molar refractivity (Wildman–Crippen MR) is 126 cm³/mol. The van der Waals surface area contributed by atoms with Crippen LogP contribution in [0.2, 0.25) is 0 Å². The molecular weight excluding hydrogens is 352 g/mol. The Balaban J connectivity index is 1.85. The Hall–Kier alpha value is -1.08. The van der Waals surface area contributed by atoms with Crippen LogP contribution in [0.4, 0.5) is 0 Å². The van der Waals surface area contributed by atoms with Gasteiger partial charge in [0.05, 0.1) is 10.2 Å². The van der Waals surface area contributed by atoms with Gasteiger partial charge in [0.2, 0.25) is 0 Å². The average molecular weight is 400 g/mol. The molecule has 3 aliphatic rings. The highest BCUT2D eigenvalue weighted by Gasteiger charge is 2.50. The molecule has 1 heteroatoms. The van der Waals surface area contributed by atoms with Gasteiger partial charge in [-0.1, -0.05) is 76.6 Å². The van der Waals surface area contributed by atoms with Crippen molar-refractivity contribution in [2.24, 2.45) is 35.0 Å². The van der Waals surface area contributed by atoms with E-state index in [4.69, 9.17) is 4.11 Å². The maximum atomic E-state index is 10.2. The zero-order chi connectivity index (χ0) is 23.6. The fourth-order valence-electron chi connectivity index (χ4n) is 6.07. The van der Waals surface area contributed by atoms with E-state index in [2.05, 4.69) is 52.8 Å². The third kappa shape index (κ3) is 4.98. The second kappa shape index (κ2) is 9.38. The van der Waals surface area contributed by atoms with Gasteiger partial charge in [0, 0.05) is 0 Å². The van der Waals surface area contributed by atoms with Gasteiger partial charge in [0.15, 0.2) is 0 Å². The van der Waals surface area contributed by atoms with E-state index in [1.54, 1.807) is 0 Å². The molecule has 0 saturated heterocycles. The number of fused-ring (bicyclic) bond motifs is 1. The second-order valence-corrected chi connectivity index (χ2v) is 10.7. The first-order valence-corrected chi connectivity index (χ1v) is 12.0. The highest BCUT2D eigenvalue weighted by atomic mass is 16.3. The van der Waals surface area contributed by atoms with Crippen LogP contribution >= 0.6 is 0 Å². The van der Waals surface area contributed by atoms with Gasteiger partial charge in [-0.15, -0.1) is 0 Å². The van der Waals surface area contributed by atoms with Crippen LogP contribution in [0.25, 0.3) is 0 Å². The largest absolute Gasteiger partial charge is 0.393 e. The molecule has 0 amide bonds. The highest BCUT2D eigenvalue weighted by molar-refractivity contribution is 5.36. The number of hydrogen-bond acceptors (Lipinski definition) is 1. The van der Waals surface area contributed by atoms with Crippen molar-refractivity contribution >= 4 is 0 Å². The van der Waals surface area contributed by atoms with Crippen molar-refractivity contribution in [1.82, 2.24) is 0 Å². The van der Waals surface area contributed by atoms with E-state index in [0.29, 0.717) is 60.5 Å². The molecule has 3 fully saturated rings. The van der Waals surface area contributed by atoms with Crippen molar-refractivity contribution in [3.05, 3.63) is 47.5 Å². The van der Waals surface area contributed by atoms with E-state index >= 15 is 0 Å². The van der Waals surface area contributed by atoms with E-state index in [1.807, 2.05) is 0 Å². The summed E-state index contributed by atoms with van der Waals surface area (Å²) in [5.41, 5.74) is 3.04. The smallest absolute Gasteiger partial charge is 0.0626 e. The van der Waals surface area contributed by atoms with Gasteiger partial charge in [0.25, 0.3) is 0 Å². The fraction of sp³-hybridized carbons (Fsp3) is 0.714. The van der Waals surface area contributed by atoms with Crippen LogP contribution in [0.5, 0.6) is 0 Å². The van der Waals surface area contributed by atoms with Crippen LogP contribution in [0.1, 0.15) is 90.1 Å². The Morgan fingerprint density at radius 2 is 1.97 bits per heavy atom. The summed E-state index contributed by atoms with van der Waals surface area (Å²) in [6, 6.07) is 0.428. The molecule has 0 aliphatic heterocycles. The first-order chi connectivity index (χ1) is 15.0. The minimum absolute atomic E-state index is 0.194. The Labute approximate surface area is 184 Å². The predicted octanol–water partition coefficient (Wildman–Crippen LogP) is 7.64. The molecular formula is C28H44O. The molecule has 0 spiro atoms. The molecule has 3 aliphatic carbocycles. The topological polar surface area (TPSA) is 20.2 Å². The third-order valence-electron chi connectivity index (χ3n) is 8.41. The molecule has 1 nitrogen and oxygen atoms in total. The fourth-order valence-corrected chi connectivity index (χ4v) is 6.07. The SMILES string of the molecule is [2H]C([2H])=C1CC[C@H](O)C/C1=C([2H])\C=C1/CCC[C@]2(C)[C@@H]([C@H](C)C=C[C@H](C)C(C)C)CC[C@@H]12. The third-order valence-corrected chi connectivity index (χ3v) is 8.41. The van der Waals surface area contributed by atoms with Gasteiger partial charge >= 0.3 is 0 Å². The zero-order valence-corrected chi connectivity index (χ0v) is 19.3. The van der Waals surface area contributed by atoms with Gasteiger partial charge in [-0.25, -0.2) is 0 Å². The number of rotatable bonds is 5. The zero-order valence-electron chi connectivity index (χ0n) is 22.3. The van der Waals surface area contributed by atoms with E-state index in [-0.39, 0.29) is 11.9 Å². The minimum atomic E-state index is -0.458. The van der Waals surface area contributed by atoms with Crippen LogP contribution in [0, 0.1) is 35.0 Å². The molecule has 6 atom stereocenters. The van der Waals surface area contributed by atoms with Gasteiger partial charge in [0.1, 0.15) is 0 Å². The molecule has 0 radical (unpaired) electrons. The molecule has 1 N–H and O–H groups in total. The summed E-state index contributed by atoms with van der Waals surface area (Å²) in [4.78, 5) is 0. The monoisotopic (exact) mass is 399 g/mol. The molecule has 162 valence electrons. The summed E-state index contributed by atoms with van der Waals surface area (Å²) in [6.07, 6.45) is 13.9. The molecule has 0 aromatic rings. The average Bonchev–Trinajstić information content (AvgIpc) is 3.09. The minimum Gasteiger partial charge on any atom is -0.393 e. The van der Waals surface area contributed by atoms with Gasteiger partial charge in [-0.05, 0) is 91.9 Å². The van der Waals surface area contributed by atoms with Gasteiger partial charge in [-0.2, -0.15) is 0 Å². The number of aliphatic hydroxyl groups excluding tert-OH is 1. The molecule has 0 aromatic heterocycles. The van der Waals surface area contributed by atoms with Crippen molar-refractivity contribution in [2.75, 3.05) is 0 Å². The van der Waals surface area contributed by atoms with Crippen molar-refractivity contribution < 1.29 is 9.22 Å². The van der Waals surface area contributed by atoms with Crippen LogP contribution in [-0.2, 0) is 0 Å². The maximum absolute atomic E-state index is 10.2. The van der Waals surface area contributed by atoms with E-state index in [0.717, 1.165) is 12.0 Å². The van der Waals surface area contributed by atoms with Crippen LogP contribution in [-0.4, -0.2) is 11.2 Å². The first-order valence-electron chi connectivity index (χ1n) is 13.5.